The predicted molar refractivity (Wildman–Crippen MR) is 245 cm³/mol. The second-order valence-electron chi connectivity index (χ2n) is 15.5. The van der Waals surface area contributed by atoms with E-state index in [4.69, 9.17) is 9.97 Å². The Labute approximate surface area is 340 Å². The zero-order valence-corrected chi connectivity index (χ0v) is 32.6. The smallest absolute Gasteiger partial charge is 0.165 e. The Balaban J connectivity index is 1.34. The van der Waals surface area contributed by atoms with Crippen molar-refractivity contribution in [1.82, 2.24) is 23.7 Å². The van der Waals surface area contributed by atoms with Crippen molar-refractivity contribution >= 4 is 65.4 Å². The molecular weight excluding hydrogens is 719 g/mol. The van der Waals surface area contributed by atoms with Crippen molar-refractivity contribution in [2.24, 2.45) is 0 Å². The van der Waals surface area contributed by atoms with Crippen LogP contribution in [0.25, 0.3) is 105 Å². The van der Waals surface area contributed by atoms with Crippen LogP contribution in [0.2, 0.25) is 0 Å². The molecule has 0 fully saturated rings. The molecule has 5 nitrogen and oxygen atoms in total. The van der Waals surface area contributed by atoms with Crippen LogP contribution < -0.4 is 0 Å². The van der Waals surface area contributed by atoms with Gasteiger partial charge in [-0.2, -0.15) is 0 Å². The van der Waals surface area contributed by atoms with Crippen LogP contribution >= 0.6 is 0 Å². The van der Waals surface area contributed by atoms with E-state index in [0.717, 1.165) is 78.5 Å². The number of hydrogen-bond acceptors (Lipinski definition) is 2. The Kier molecular flexibility index (Phi) is 7.29. The lowest BCUT2D eigenvalue weighted by molar-refractivity contribution is 0.985. The molecule has 0 N–H and O–H groups in total. The molecule has 0 spiro atoms. The van der Waals surface area contributed by atoms with Gasteiger partial charge in [-0.15, -0.1) is 0 Å². The third-order valence-corrected chi connectivity index (χ3v) is 12.0. The molecule has 59 heavy (non-hydrogen) atoms. The molecule has 0 amide bonds. The van der Waals surface area contributed by atoms with Gasteiger partial charge in [0.15, 0.2) is 5.82 Å². The van der Waals surface area contributed by atoms with Crippen LogP contribution in [0, 0.1) is 13.8 Å². The van der Waals surface area contributed by atoms with Crippen LogP contribution in [0.1, 0.15) is 11.3 Å². The lowest BCUT2D eigenvalue weighted by Gasteiger charge is -2.23. The summed E-state index contributed by atoms with van der Waals surface area (Å²) in [6.07, 6.45) is 0. The summed E-state index contributed by atoms with van der Waals surface area (Å²) < 4.78 is 7.20. The van der Waals surface area contributed by atoms with Gasteiger partial charge in [0.25, 0.3) is 0 Å². The first-order chi connectivity index (χ1) is 29.1. The average molecular weight is 756 g/mol. The normalized spacial score (nSPS) is 11.9. The Bertz CT molecular complexity index is 3550. The van der Waals surface area contributed by atoms with Crippen molar-refractivity contribution in [2.45, 2.75) is 13.8 Å². The first-order valence-corrected chi connectivity index (χ1v) is 20.2. The maximum atomic E-state index is 5.94. The third-order valence-electron chi connectivity index (χ3n) is 12.0. The van der Waals surface area contributed by atoms with Gasteiger partial charge < -0.3 is 4.57 Å². The summed E-state index contributed by atoms with van der Waals surface area (Å²) >= 11 is 0. The molecule has 0 radical (unpaired) electrons. The average Bonchev–Trinajstić information content (AvgIpc) is 3.91. The van der Waals surface area contributed by atoms with Crippen molar-refractivity contribution in [1.29, 1.82) is 0 Å². The summed E-state index contributed by atoms with van der Waals surface area (Å²) in [7, 11) is 0. The highest BCUT2D eigenvalue weighted by Gasteiger charge is 2.27. The monoisotopic (exact) mass is 755 g/mol. The quantitative estimate of drug-likeness (QED) is 0.175. The molecule has 0 saturated carbocycles. The summed E-state index contributed by atoms with van der Waals surface area (Å²) in [4.78, 5) is 11.0. The number of aryl methyl sites for hydroxylation is 2. The van der Waals surface area contributed by atoms with E-state index in [1.807, 2.05) is 0 Å². The van der Waals surface area contributed by atoms with Crippen LogP contribution in [0.15, 0.2) is 188 Å². The fourth-order valence-electron chi connectivity index (χ4n) is 9.49. The van der Waals surface area contributed by atoms with Crippen LogP contribution in [-0.2, 0) is 0 Å². The number of nitrogens with zero attached hydrogens (tertiary/aromatic N) is 5. The molecule has 0 aliphatic rings. The molecule has 5 heteroatoms. The fourth-order valence-corrected chi connectivity index (χ4v) is 9.49. The number of hydrogen-bond donors (Lipinski definition) is 0. The minimum absolute atomic E-state index is 0.835. The lowest BCUT2D eigenvalue weighted by Crippen LogP contribution is -2.11. The molecule has 12 aromatic rings. The number of fused-ring (bicyclic) bond motifs is 9. The largest absolute Gasteiger partial charge is 0.305 e. The number of para-hydroxylation sites is 5. The zero-order chi connectivity index (χ0) is 39.2. The van der Waals surface area contributed by atoms with Gasteiger partial charge in [0, 0.05) is 49.1 Å². The Hall–Kier alpha value is -7.76. The second kappa shape index (κ2) is 12.9. The topological polar surface area (TPSA) is 40.6 Å². The predicted octanol–water partition coefficient (Wildman–Crippen LogP) is 13.7. The highest BCUT2D eigenvalue weighted by molar-refractivity contribution is 6.13. The van der Waals surface area contributed by atoms with Gasteiger partial charge in [0.1, 0.15) is 5.82 Å². The van der Waals surface area contributed by atoms with Gasteiger partial charge in [-0.05, 0) is 80.1 Å². The van der Waals surface area contributed by atoms with Gasteiger partial charge in [0.2, 0.25) is 0 Å². The van der Waals surface area contributed by atoms with Crippen molar-refractivity contribution < 1.29 is 0 Å². The Morgan fingerprint density at radius 3 is 1.39 bits per heavy atom. The number of aromatic nitrogens is 5. The molecular formula is C54H37N5. The van der Waals surface area contributed by atoms with Crippen molar-refractivity contribution in [3.05, 3.63) is 199 Å². The standard InChI is InChI=1S/C54H37N5/c1-34-30-31-51-43(32-34)42-23-9-14-29-50(42)59(51)54-53(58-48-27-12-7-21-40(48)41-22-8-13-28-49(41)58)44(36-17-3-4-18-37(36)45-24-15-16-35(2)55-45)33-52(56-54)57-46-25-10-5-19-38(46)39-20-6-11-26-47(39)57/h3-33H,1-2H3. The summed E-state index contributed by atoms with van der Waals surface area (Å²) in [5, 5.41) is 7.15. The molecule has 7 aromatic carbocycles. The minimum atomic E-state index is 0.835. The Morgan fingerprint density at radius 2 is 0.814 bits per heavy atom. The van der Waals surface area contributed by atoms with E-state index in [2.05, 4.69) is 216 Å². The van der Waals surface area contributed by atoms with Gasteiger partial charge >= 0.3 is 0 Å². The zero-order valence-electron chi connectivity index (χ0n) is 32.6. The van der Waals surface area contributed by atoms with Gasteiger partial charge in [-0.25, -0.2) is 4.98 Å². The van der Waals surface area contributed by atoms with E-state index in [-0.39, 0.29) is 0 Å². The van der Waals surface area contributed by atoms with Crippen LogP contribution in [0.5, 0.6) is 0 Å². The summed E-state index contributed by atoms with van der Waals surface area (Å²) in [5.74, 6) is 1.68. The molecule has 0 aliphatic carbocycles. The highest BCUT2D eigenvalue weighted by Crippen LogP contribution is 2.45. The van der Waals surface area contributed by atoms with Crippen molar-refractivity contribution in [2.75, 3.05) is 0 Å². The van der Waals surface area contributed by atoms with Gasteiger partial charge in [-0.1, -0.05) is 133 Å². The SMILES string of the molecule is Cc1ccc2c(c1)c1ccccc1n2-c1nc(-n2c3ccccc3c3ccccc32)cc(-c2ccccc2-c2cccc(C)n2)c1-n1c2ccccc2c2ccccc21. The van der Waals surface area contributed by atoms with Crippen LogP contribution in [-0.4, -0.2) is 23.7 Å². The first kappa shape index (κ1) is 33.4. The molecule has 0 aliphatic heterocycles. The number of pyridine rings is 2. The Morgan fingerprint density at radius 1 is 0.339 bits per heavy atom. The number of rotatable bonds is 5. The molecule has 278 valence electrons. The van der Waals surface area contributed by atoms with E-state index in [1.165, 1.54) is 37.9 Å². The van der Waals surface area contributed by atoms with Crippen molar-refractivity contribution in [3.63, 3.8) is 0 Å². The lowest BCUT2D eigenvalue weighted by atomic mass is 9.95. The number of benzene rings is 7. The highest BCUT2D eigenvalue weighted by atomic mass is 15.2. The maximum Gasteiger partial charge on any atom is 0.165 e. The molecule has 0 atom stereocenters. The van der Waals surface area contributed by atoms with E-state index in [0.29, 0.717) is 0 Å². The summed E-state index contributed by atoms with van der Waals surface area (Å²) in [6, 6.07) is 67.8. The second-order valence-corrected chi connectivity index (χ2v) is 15.5. The van der Waals surface area contributed by atoms with Gasteiger partial charge in [-0.3, -0.25) is 14.1 Å². The molecule has 0 bridgehead atoms. The van der Waals surface area contributed by atoms with Gasteiger partial charge in [0.05, 0.1) is 44.5 Å². The fraction of sp³-hybridized carbons (Fsp3) is 0.0370. The molecule has 0 saturated heterocycles. The first-order valence-electron chi connectivity index (χ1n) is 20.2. The summed E-state index contributed by atoms with van der Waals surface area (Å²) in [5.41, 5.74) is 13.9. The van der Waals surface area contributed by atoms with E-state index in [9.17, 15) is 0 Å². The van der Waals surface area contributed by atoms with E-state index in [1.54, 1.807) is 0 Å². The minimum Gasteiger partial charge on any atom is -0.305 e. The van der Waals surface area contributed by atoms with Crippen LogP contribution in [0.4, 0.5) is 0 Å². The molecule has 12 rings (SSSR count). The molecule has 5 aromatic heterocycles. The molecule has 0 unspecified atom stereocenters. The molecule has 5 heterocycles. The van der Waals surface area contributed by atoms with Crippen molar-refractivity contribution in [3.8, 4) is 39.7 Å². The maximum absolute atomic E-state index is 5.94. The summed E-state index contributed by atoms with van der Waals surface area (Å²) in [6.45, 7) is 4.23. The van der Waals surface area contributed by atoms with Crippen LogP contribution in [0.3, 0.4) is 0 Å². The third kappa shape index (κ3) is 4.98. The van der Waals surface area contributed by atoms with E-state index < -0.39 is 0 Å². The van der Waals surface area contributed by atoms with E-state index >= 15 is 0 Å².